The number of ether oxygens (including phenoxy) is 1. The van der Waals surface area contributed by atoms with Crippen LogP contribution in [0.15, 0.2) is 48.5 Å². The number of hydrogen-bond acceptors (Lipinski definition) is 4. The summed E-state index contributed by atoms with van der Waals surface area (Å²) in [6, 6.07) is 16.3. The van der Waals surface area contributed by atoms with Crippen LogP contribution in [0.4, 0.5) is 4.79 Å². The minimum Gasteiger partial charge on any atom is -0.481 e. The summed E-state index contributed by atoms with van der Waals surface area (Å²) in [7, 11) is 0. The second kappa shape index (κ2) is 9.20. The number of carbonyl (C=O) groups excluding carboxylic acids is 2. The van der Waals surface area contributed by atoms with Crippen molar-refractivity contribution < 1.29 is 24.2 Å². The van der Waals surface area contributed by atoms with Gasteiger partial charge in [-0.2, -0.15) is 0 Å². The summed E-state index contributed by atoms with van der Waals surface area (Å²) in [5.41, 5.74) is 4.68. The zero-order chi connectivity index (χ0) is 21.8. The van der Waals surface area contributed by atoms with E-state index < -0.39 is 12.1 Å². The fourth-order valence-electron chi connectivity index (χ4n) is 4.20. The molecule has 1 fully saturated rings. The monoisotopic (exact) mass is 422 g/mol. The van der Waals surface area contributed by atoms with Gasteiger partial charge in [-0.15, -0.1) is 0 Å². The number of amides is 2. The molecule has 1 saturated carbocycles. The van der Waals surface area contributed by atoms with Gasteiger partial charge in [0, 0.05) is 25.4 Å². The molecule has 2 aromatic carbocycles. The number of aliphatic carboxylic acids is 1. The van der Waals surface area contributed by atoms with Crippen molar-refractivity contribution in [3.63, 3.8) is 0 Å². The molecule has 2 aliphatic carbocycles. The third-order valence-corrected chi connectivity index (χ3v) is 5.99. The van der Waals surface area contributed by atoms with E-state index in [-0.39, 0.29) is 36.7 Å². The highest BCUT2D eigenvalue weighted by molar-refractivity contribution is 5.79. The van der Waals surface area contributed by atoms with Crippen LogP contribution in [-0.4, -0.2) is 42.8 Å². The molecule has 7 nitrogen and oxygen atoms in total. The lowest BCUT2D eigenvalue weighted by molar-refractivity contribution is -0.139. The number of carbonyl (C=O) groups is 3. The summed E-state index contributed by atoms with van der Waals surface area (Å²) in [5, 5.41) is 14.3. The lowest BCUT2D eigenvalue weighted by Gasteiger charge is -2.14. The van der Waals surface area contributed by atoms with Crippen LogP contribution in [0.25, 0.3) is 11.1 Å². The molecule has 7 heteroatoms. The van der Waals surface area contributed by atoms with E-state index in [1.165, 1.54) is 11.1 Å². The molecule has 0 unspecified atom stereocenters. The maximum Gasteiger partial charge on any atom is 0.407 e. The van der Waals surface area contributed by atoms with Gasteiger partial charge in [0.2, 0.25) is 5.91 Å². The van der Waals surface area contributed by atoms with Gasteiger partial charge in [-0.1, -0.05) is 48.5 Å². The first kappa shape index (κ1) is 20.9. The third-order valence-electron chi connectivity index (χ3n) is 5.99. The van der Waals surface area contributed by atoms with E-state index in [0.29, 0.717) is 25.9 Å². The minimum absolute atomic E-state index is 0.0148. The van der Waals surface area contributed by atoms with Gasteiger partial charge in [-0.05, 0) is 41.0 Å². The molecule has 3 N–H and O–H groups in total. The minimum atomic E-state index is -0.799. The number of alkyl carbamates (subject to hydrolysis) is 1. The molecular weight excluding hydrogens is 396 g/mol. The molecule has 162 valence electrons. The lowest BCUT2D eigenvalue weighted by atomic mass is 9.98. The third kappa shape index (κ3) is 4.87. The van der Waals surface area contributed by atoms with Gasteiger partial charge in [0.05, 0.1) is 5.92 Å². The Hall–Kier alpha value is -3.35. The number of carboxylic acids is 1. The van der Waals surface area contributed by atoms with Crippen LogP contribution in [0.1, 0.15) is 36.3 Å². The van der Waals surface area contributed by atoms with E-state index in [0.717, 1.165) is 11.1 Å². The highest BCUT2D eigenvalue weighted by Gasteiger charge is 2.42. The zero-order valence-corrected chi connectivity index (χ0v) is 17.2. The molecule has 0 bridgehead atoms. The lowest BCUT2D eigenvalue weighted by Crippen LogP contribution is -2.29. The summed E-state index contributed by atoms with van der Waals surface area (Å²) >= 11 is 0. The van der Waals surface area contributed by atoms with E-state index in [1.54, 1.807) is 0 Å². The number of nitrogens with one attached hydrogen (secondary N) is 2. The average molecular weight is 422 g/mol. The Morgan fingerprint density at radius 3 is 2.23 bits per heavy atom. The van der Waals surface area contributed by atoms with Crippen molar-refractivity contribution in [3.05, 3.63) is 59.7 Å². The van der Waals surface area contributed by atoms with Crippen molar-refractivity contribution in [3.8, 4) is 11.1 Å². The van der Waals surface area contributed by atoms with Gasteiger partial charge in [0.15, 0.2) is 0 Å². The Kier molecular flexibility index (Phi) is 6.21. The van der Waals surface area contributed by atoms with Crippen molar-refractivity contribution >= 4 is 18.0 Å². The SMILES string of the molecule is O=C(CCCNC(=O)OCC1c2ccccc2-c2ccccc21)NC[C@@H]1C[C@@H]1C(=O)O. The summed E-state index contributed by atoms with van der Waals surface area (Å²) < 4.78 is 5.46. The molecule has 2 aliphatic rings. The van der Waals surface area contributed by atoms with Crippen molar-refractivity contribution in [2.75, 3.05) is 19.7 Å². The van der Waals surface area contributed by atoms with Crippen LogP contribution in [0, 0.1) is 11.8 Å². The first-order chi connectivity index (χ1) is 15.0. The second-order valence-electron chi connectivity index (χ2n) is 8.10. The second-order valence-corrected chi connectivity index (χ2v) is 8.10. The maximum atomic E-state index is 12.1. The summed E-state index contributed by atoms with van der Waals surface area (Å²) in [4.78, 5) is 34.7. The zero-order valence-electron chi connectivity index (χ0n) is 17.2. The number of fused-ring (bicyclic) bond motifs is 3. The van der Waals surface area contributed by atoms with Gasteiger partial charge in [-0.3, -0.25) is 9.59 Å². The standard InChI is InChI=1S/C24H26N2O5/c27-22(26-13-15-12-20(15)23(28)29)10-5-11-25-24(30)31-14-21-18-8-3-1-6-16(18)17-7-2-4-9-19(17)21/h1-4,6-9,15,20-21H,5,10-14H2,(H,25,30)(H,26,27)(H,28,29)/t15-,20-/m0/s1. The van der Waals surface area contributed by atoms with Gasteiger partial charge < -0.3 is 20.5 Å². The highest BCUT2D eigenvalue weighted by atomic mass is 16.5. The Balaban J connectivity index is 1.16. The van der Waals surface area contributed by atoms with E-state index >= 15 is 0 Å². The summed E-state index contributed by atoms with van der Waals surface area (Å²) in [5.74, 6) is -1.20. The molecule has 0 heterocycles. The van der Waals surface area contributed by atoms with Gasteiger partial charge in [-0.25, -0.2) is 4.79 Å². The highest BCUT2D eigenvalue weighted by Crippen LogP contribution is 2.44. The first-order valence-electron chi connectivity index (χ1n) is 10.6. The summed E-state index contributed by atoms with van der Waals surface area (Å²) in [6.07, 6.45) is 0.889. The fourth-order valence-corrected chi connectivity index (χ4v) is 4.20. The molecule has 2 aromatic rings. The quantitative estimate of drug-likeness (QED) is 0.539. The maximum absolute atomic E-state index is 12.1. The predicted octanol–water partition coefficient (Wildman–Crippen LogP) is 3.14. The van der Waals surface area contributed by atoms with Crippen LogP contribution in [-0.2, 0) is 14.3 Å². The predicted molar refractivity (Wildman–Crippen MR) is 115 cm³/mol. The van der Waals surface area contributed by atoms with Gasteiger partial charge in [0.25, 0.3) is 0 Å². The molecule has 2 amide bonds. The van der Waals surface area contributed by atoms with E-state index in [1.807, 2.05) is 24.3 Å². The number of rotatable bonds is 9. The van der Waals surface area contributed by atoms with E-state index in [4.69, 9.17) is 9.84 Å². The number of hydrogen-bond donors (Lipinski definition) is 3. The van der Waals surface area contributed by atoms with Crippen molar-refractivity contribution in [2.45, 2.75) is 25.2 Å². The molecule has 0 aromatic heterocycles. The van der Waals surface area contributed by atoms with Crippen LogP contribution in [0.2, 0.25) is 0 Å². The number of benzene rings is 2. The van der Waals surface area contributed by atoms with Gasteiger partial charge >= 0.3 is 12.1 Å². The molecule has 0 spiro atoms. The molecule has 4 rings (SSSR count). The molecule has 0 saturated heterocycles. The van der Waals surface area contributed by atoms with Gasteiger partial charge in [0.1, 0.15) is 6.61 Å². The Bertz CT molecular complexity index is 944. The number of carboxylic acid groups (broad SMARTS) is 1. The van der Waals surface area contributed by atoms with Crippen LogP contribution >= 0.6 is 0 Å². The molecule has 2 atom stereocenters. The normalized spacial score (nSPS) is 18.6. The molecule has 0 radical (unpaired) electrons. The topological polar surface area (TPSA) is 105 Å². The smallest absolute Gasteiger partial charge is 0.407 e. The molecule has 0 aliphatic heterocycles. The largest absolute Gasteiger partial charge is 0.481 e. The van der Waals surface area contributed by atoms with Crippen LogP contribution in [0.3, 0.4) is 0 Å². The molecule has 31 heavy (non-hydrogen) atoms. The Labute approximate surface area is 180 Å². The first-order valence-corrected chi connectivity index (χ1v) is 10.6. The van der Waals surface area contributed by atoms with Crippen LogP contribution < -0.4 is 10.6 Å². The van der Waals surface area contributed by atoms with Crippen molar-refractivity contribution in [2.24, 2.45) is 11.8 Å². The van der Waals surface area contributed by atoms with E-state index in [2.05, 4.69) is 34.9 Å². The Morgan fingerprint density at radius 1 is 0.968 bits per heavy atom. The van der Waals surface area contributed by atoms with Crippen LogP contribution in [0.5, 0.6) is 0 Å². The van der Waals surface area contributed by atoms with Crippen molar-refractivity contribution in [1.82, 2.24) is 10.6 Å². The fraction of sp³-hybridized carbons (Fsp3) is 0.375. The average Bonchev–Trinajstić information content (AvgIpc) is 3.50. The van der Waals surface area contributed by atoms with E-state index in [9.17, 15) is 14.4 Å². The Morgan fingerprint density at radius 2 is 1.61 bits per heavy atom. The van der Waals surface area contributed by atoms with Crippen molar-refractivity contribution in [1.29, 1.82) is 0 Å². The molecular formula is C24H26N2O5. The summed E-state index contributed by atoms with van der Waals surface area (Å²) in [6.45, 7) is 0.993.